The van der Waals surface area contributed by atoms with Crippen molar-refractivity contribution in [2.75, 3.05) is 7.11 Å². The number of nitrogens with two attached hydrogens (primary N) is 1. The number of ether oxygens (including phenoxy) is 1. The number of imidazole rings is 1. The summed E-state index contributed by atoms with van der Waals surface area (Å²) in [4.78, 5) is 26.7. The van der Waals surface area contributed by atoms with Crippen molar-refractivity contribution in [3.63, 3.8) is 0 Å². The van der Waals surface area contributed by atoms with Crippen LogP contribution in [0.1, 0.15) is 21.6 Å². The third kappa shape index (κ3) is 4.33. The number of hydrogen-bond acceptors (Lipinski definition) is 6. The highest BCUT2D eigenvalue weighted by Crippen LogP contribution is 2.23. The molecule has 0 bridgehead atoms. The van der Waals surface area contributed by atoms with E-state index in [-0.39, 0.29) is 19.1 Å². The number of aliphatic hydroxyl groups is 1. The lowest BCUT2D eigenvalue weighted by atomic mass is 10.1. The molecule has 1 aromatic heterocycles. The maximum Gasteiger partial charge on any atom is 0.337 e. The maximum atomic E-state index is 11.4. The second-order valence-corrected chi connectivity index (χ2v) is 5.66. The van der Waals surface area contributed by atoms with E-state index in [1.165, 1.54) is 25.1 Å². The molecule has 0 fully saturated rings. The number of thioether (sulfide) groups is 1. The molecule has 0 aliphatic heterocycles. The average molecular weight is 335 g/mol. The quantitative estimate of drug-likeness (QED) is 0.576. The number of carbonyl (C=O) groups excluding carboxylic acids is 2. The van der Waals surface area contributed by atoms with Gasteiger partial charge in [-0.2, -0.15) is 0 Å². The molecule has 1 aromatic carbocycles. The number of nitrogens with zero attached hydrogens (tertiary/aromatic N) is 2. The molecule has 7 nitrogen and oxygen atoms in total. The first-order valence-electron chi connectivity index (χ1n) is 6.78. The molecule has 1 heterocycles. The number of hydrogen-bond donors (Lipinski definition) is 2. The highest BCUT2D eigenvalue weighted by Gasteiger charge is 2.12. The number of methoxy groups -OCH3 is 1. The number of aliphatic hydroxyl groups excluding tert-OH is 1. The van der Waals surface area contributed by atoms with E-state index in [0.29, 0.717) is 22.2 Å². The Bertz CT molecular complexity index is 697. The van der Waals surface area contributed by atoms with Crippen molar-refractivity contribution < 1.29 is 19.4 Å². The molecule has 2 aromatic rings. The average Bonchev–Trinajstić information content (AvgIpc) is 2.93. The Hall–Kier alpha value is -2.32. The Morgan fingerprint density at radius 3 is 2.61 bits per heavy atom. The van der Waals surface area contributed by atoms with E-state index in [9.17, 15) is 14.7 Å². The van der Waals surface area contributed by atoms with Crippen LogP contribution in [0.3, 0.4) is 0 Å². The van der Waals surface area contributed by atoms with E-state index in [2.05, 4.69) is 9.72 Å². The van der Waals surface area contributed by atoms with Crippen LogP contribution in [0.4, 0.5) is 0 Å². The fourth-order valence-corrected chi connectivity index (χ4v) is 2.91. The lowest BCUT2D eigenvalue weighted by Gasteiger charge is -2.08. The minimum Gasteiger partial charge on any atom is -0.465 e. The van der Waals surface area contributed by atoms with Crippen LogP contribution < -0.4 is 5.73 Å². The van der Waals surface area contributed by atoms with Crippen molar-refractivity contribution in [1.82, 2.24) is 9.55 Å². The smallest absolute Gasteiger partial charge is 0.337 e. The van der Waals surface area contributed by atoms with Gasteiger partial charge < -0.3 is 20.1 Å². The third-order valence-electron chi connectivity index (χ3n) is 3.12. The second kappa shape index (κ2) is 7.80. The summed E-state index contributed by atoms with van der Waals surface area (Å²) in [5.74, 6) is -0.280. The first-order valence-corrected chi connectivity index (χ1v) is 7.77. The van der Waals surface area contributed by atoms with E-state index < -0.39 is 5.91 Å². The van der Waals surface area contributed by atoms with Crippen LogP contribution in [0.25, 0.3) is 0 Å². The van der Waals surface area contributed by atoms with Gasteiger partial charge in [0.15, 0.2) is 5.16 Å². The minimum atomic E-state index is -0.498. The van der Waals surface area contributed by atoms with Gasteiger partial charge in [0.05, 0.1) is 31.2 Å². The molecule has 23 heavy (non-hydrogen) atoms. The summed E-state index contributed by atoms with van der Waals surface area (Å²) in [7, 11) is 1.34. The SMILES string of the molecule is COC(=O)c1ccc(CSc2ncc(CO)n2CC(N)=O)cc1. The number of benzene rings is 1. The number of aromatic nitrogens is 2. The Morgan fingerprint density at radius 2 is 2.04 bits per heavy atom. The Kier molecular flexibility index (Phi) is 5.78. The largest absolute Gasteiger partial charge is 0.465 e. The first-order chi connectivity index (χ1) is 11.0. The van der Waals surface area contributed by atoms with Gasteiger partial charge in [-0.15, -0.1) is 0 Å². The Balaban J connectivity index is 2.07. The molecule has 122 valence electrons. The van der Waals surface area contributed by atoms with Crippen molar-refractivity contribution >= 4 is 23.6 Å². The fraction of sp³-hybridized carbons (Fsp3) is 0.267. The third-order valence-corrected chi connectivity index (χ3v) is 4.18. The highest BCUT2D eigenvalue weighted by atomic mass is 32.2. The number of primary amides is 1. The molecule has 8 heteroatoms. The van der Waals surface area contributed by atoms with Gasteiger partial charge in [0.1, 0.15) is 6.54 Å². The summed E-state index contributed by atoms with van der Waals surface area (Å²) in [5.41, 5.74) is 7.23. The molecule has 3 N–H and O–H groups in total. The first kappa shape index (κ1) is 17.0. The van der Waals surface area contributed by atoms with E-state index in [0.717, 1.165) is 5.56 Å². The lowest BCUT2D eigenvalue weighted by molar-refractivity contribution is -0.118. The Labute approximate surface area is 137 Å². The molecular formula is C15H17N3O4S. The van der Waals surface area contributed by atoms with E-state index >= 15 is 0 Å². The molecule has 0 spiro atoms. The molecule has 0 aliphatic carbocycles. The number of amides is 1. The van der Waals surface area contributed by atoms with Crippen molar-refractivity contribution in [3.8, 4) is 0 Å². The van der Waals surface area contributed by atoms with Crippen molar-refractivity contribution in [2.45, 2.75) is 24.1 Å². The van der Waals surface area contributed by atoms with Gasteiger partial charge in [-0.1, -0.05) is 23.9 Å². The number of rotatable bonds is 7. The predicted octanol–water partition coefficient (Wildman–Crippen LogP) is 0.940. The van der Waals surface area contributed by atoms with Crippen LogP contribution in [0.5, 0.6) is 0 Å². The second-order valence-electron chi connectivity index (χ2n) is 4.72. The molecule has 0 unspecified atom stereocenters. The molecule has 2 rings (SSSR count). The van der Waals surface area contributed by atoms with E-state index in [1.54, 1.807) is 16.7 Å². The molecule has 0 radical (unpaired) electrons. The minimum absolute atomic E-state index is 0.0283. The monoisotopic (exact) mass is 335 g/mol. The number of esters is 1. The summed E-state index contributed by atoms with van der Waals surface area (Å²) in [6.45, 7) is -0.242. The van der Waals surface area contributed by atoms with E-state index in [1.807, 2.05) is 12.1 Å². The normalized spacial score (nSPS) is 10.5. The van der Waals surface area contributed by atoms with Gasteiger partial charge >= 0.3 is 5.97 Å². The van der Waals surface area contributed by atoms with Gasteiger partial charge in [-0.05, 0) is 17.7 Å². The molecule has 0 aliphatic rings. The van der Waals surface area contributed by atoms with Gasteiger partial charge in [-0.25, -0.2) is 9.78 Å². The summed E-state index contributed by atoms with van der Waals surface area (Å²) >= 11 is 1.42. The maximum absolute atomic E-state index is 11.4. The van der Waals surface area contributed by atoms with Crippen LogP contribution in [-0.2, 0) is 28.4 Å². The molecule has 0 saturated carbocycles. The molecule has 0 saturated heterocycles. The summed E-state index contributed by atoms with van der Waals surface area (Å²) in [6, 6.07) is 7.04. The molecule has 0 atom stereocenters. The zero-order valence-electron chi connectivity index (χ0n) is 12.6. The van der Waals surface area contributed by atoms with Gasteiger partial charge in [-0.3, -0.25) is 4.79 Å². The topological polar surface area (TPSA) is 107 Å². The van der Waals surface area contributed by atoms with Crippen molar-refractivity contribution in [3.05, 3.63) is 47.3 Å². The Morgan fingerprint density at radius 1 is 1.35 bits per heavy atom. The van der Waals surface area contributed by atoms with Crippen molar-refractivity contribution in [1.29, 1.82) is 0 Å². The summed E-state index contributed by atoms with van der Waals surface area (Å²) in [5, 5.41) is 9.87. The van der Waals surface area contributed by atoms with Crippen LogP contribution in [0.15, 0.2) is 35.6 Å². The summed E-state index contributed by atoms with van der Waals surface area (Å²) < 4.78 is 6.24. The van der Waals surface area contributed by atoms with Gasteiger partial charge in [0, 0.05) is 5.75 Å². The van der Waals surface area contributed by atoms with Crippen LogP contribution in [0.2, 0.25) is 0 Å². The number of carbonyl (C=O) groups is 2. The van der Waals surface area contributed by atoms with Crippen LogP contribution >= 0.6 is 11.8 Å². The van der Waals surface area contributed by atoms with E-state index in [4.69, 9.17) is 5.73 Å². The molecular weight excluding hydrogens is 318 g/mol. The van der Waals surface area contributed by atoms with Crippen LogP contribution in [0, 0.1) is 0 Å². The van der Waals surface area contributed by atoms with Gasteiger partial charge in [0.2, 0.25) is 5.91 Å². The van der Waals surface area contributed by atoms with Crippen molar-refractivity contribution in [2.24, 2.45) is 5.73 Å². The standard InChI is InChI=1S/C15H17N3O4S/c1-22-14(21)11-4-2-10(3-5-11)9-23-15-17-6-12(8-19)18(15)7-13(16)20/h2-6,19H,7-9H2,1H3,(H2,16,20). The van der Waals surface area contributed by atoms with Gasteiger partial charge in [0.25, 0.3) is 0 Å². The zero-order valence-corrected chi connectivity index (χ0v) is 13.4. The summed E-state index contributed by atoms with van der Waals surface area (Å²) in [6.07, 6.45) is 1.52. The predicted molar refractivity (Wildman–Crippen MR) is 84.7 cm³/mol. The zero-order chi connectivity index (χ0) is 16.8. The van der Waals surface area contributed by atoms with Crippen LogP contribution in [-0.4, -0.2) is 33.6 Å². The molecule has 1 amide bonds. The fourth-order valence-electron chi connectivity index (χ4n) is 1.96. The highest BCUT2D eigenvalue weighted by molar-refractivity contribution is 7.98. The lowest BCUT2D eigenvalue weighted by Crippen LogP contribution is -2.20.